The van der Waals surface area contributed by atoms with E-state index in [9.17, 15) is 9.59 Å². The minimum absolute atomic E-state index is 0.0211. The Morgan fingerprint density at radius 1 is 1.19 bits per heavy atom. The van der Waals surface area contributed by atoms with Gasteiger partial charge >= 0.3 is 0 Å². The average molecular weight is 438 g/mol. The summed E-state index contributed by atoms with van der Waals surface area (Å²) in [6, 6.07) is 12.9. The van der Waals surface area contributed by atoms with Gasteiger partial charge in [-0.15, -0.1) is 0 Å². The lowest BCUT2D eigenvalue weighted by molar-refractivity contribution is -0.166. The summed E-state index contributed by atoms with van der Waals surface area (Å²) in [6.45, 7) is 5.27. The summed E-state index contributed by atoms with van der Waals surface area (Å²) in [5, 5.41) is 9.65. The Balaban J connectivity index is 1.68. The molecule has 8 heteroatoms. The molecule has 2 aliphatic heterocycles. The standard InChI is InChI=1S/C23H24ClN5O2/c1-16(2)28-14-21(30)29(13-17-3-6-19(24)7-4-17)23(22(28)31)9-10-27(15-23)20-8-5-18(11-25)12-26-20/h3-8,12,16H,9-10,13-15H2,1-2H3/t23-/m1/s1. The number of hydrogen-bond acceptors (Lipinski definition) is 5. The number of halogens is 1. The van der Waals surface area contributed by atoms with Crippen LogP contribution in [0.1, 0.15) is 31.4 Å². The van der Waals surface area contributed by atoms with E-state index < -0.39 is 5.54 Å². The monoisotopic (exact) mass is 437 g/mol. The summed E-state index contributed by atoms with van der Waals surface area (Å²) in [4.78, 5) is 36.8. The van der Waals surface area contributed by atoms with Crippen LogP contribution in [0.25, 0.3) is 0 Å². The van der Waals surface area contributed by atoms with Gasteiger partial charge in [0.1, 0.15) is 24.0 Å². The smallest absolute Gasteiger partial charge is 0.251 e. The van der Waals surface area contributed by atoms with Crippen LogP contribution in [0.5, 0.6) is 0 Å². The van der Waals surface area contributed by atoms with Gasteiger partial charge in [-0.25, -0.2) is 4.98 Å². The van der Waals surface area contributed by atoms with Crippen molar-refractivity contribution in [3.8, 4) is 6.07 Å². The SMILES string of the molecule is CC(C)N1CC(=O)N(Cc2ccc(Cl)cc2)[C@@]2(CCN(c3ccc(C#N)cn3)C2)C1=O. The fourth-order valence-electron chi connectivity index (χ4n) is 4.38. The van der Waals surface area contributed by atoms with E-state index >= 15 is 0 Å². The lowest BCUT2D eigenvalue weighted by Crippen LogP contribution is -2.69. The Morgan fingerprint density at radius 3 is 2.55 bits per heavy atom. The van der Waals surface area contributed by atoms with Gasteiger partial charge in [0.2, 0.25) is 5.91 Å². The Morgan fingerprint density at radius 2 is 1.94 bits per heavy atom. The predicted molar refractivity (Wildman–Crippen MR) is 117 cm³/mol. The first-order valence-electron chi connectivity index (χ1n) is 10.3. The zero-order valence-electron chi connectivity index (χ0n) is 17.6. The summed E-state index contributed by atoms with van der Waals surface area (Å²) >= 11 is 6.01. The van der Waals surface area contributed by atoms with Crippen molar-refractivity contribution in [3.63, 3.8) is 0 Å². The fourth-order valence-corrected chi connectivity index (χ4v) is 4.50. The molecule has 0 unspecified atom stereocenters. The van der Waals surface area contributed by atoms with Gasteiger partial charge in [0, 0.05) is 30.4 Å². The summed E-state index contributed by atoms with van der Waals surface area (Å²) < 4.78 is 0. The van der Waals surface area contributed by atoms with Crippen molar-refractivity contribution in [2.24, 2.45) is 0 Å². The molecular weight excluding hydrogens is 414 g/mol. The largest absolute Gasteiger partial charge is 0.354 e. The second-order valence-corrected chi connectivity index (χ2v) is 8.79. The first kappa shape index (κ1) is 21.1. The Hall–Kier alpha value is -3.11. The molecule has 2 amide bonds. The minimum atomic E-state index is -0.950. The van der Waals surface area contributed by atoms with Crippen LogP contribution in [-0.4, -0.2) is 57.8 Å². The summed E-state index contributed by atoms with van der Waals surface area (Å²) in [5.74, 6) is 0.620. The van der Waals surface area contributed by atoms with Crippen LogP contribution >= 0.6 is 11.6 Å². The van der Waals surface area contributed by atoms with Crippen molar-refractivity contribution >= 4 is 29.2 Å². The van der Waals surface area contributed by atoms with Gasteiger partial charge in [-0.3, -0.25) is 9.59 Å². The molecule has 0 N–H and O–H groups in total. The third kappa shape index (κ3) is 3.84. The zero-order chi connectivity index (χ0) is 22.2. The van der Waals surface area contributed by atoms with Crippen molar-refractivity contribution in [1.29, 1.82) is 5.26 Å². The van der Waals surface area contributed by atoms with Crippen LogP contribution in [0.15, 0.2) is 42.6 Å². The van der Waals surface area contributed by atoms with Gasteiger partial charge in [0.05, 0.1) is 12.1 Å². The number of nitrogens with zero attached hydrogens (tertiary/aromatic N) is 5. The van der Waals surface area contributed by atoms with E-state index in [-0.39, 0.29) is 24.4 Å². The third-order valence-electron chi connectivity index (χ3n) is 6.11. The molecule has 2 saturated heterocycles. The molecule has 1 aromatic carbocycles. The fraction of sp³-hybridized carbons (Fsp3) is 0.391. The molecule has 1 spiro atoms. The molecule has 0 aliphatic carbocycles. The second kappa shape index (κ2) is 8.20. The molecule has 4 rings (SSSR count). The molecule has 0 saturated carbocycles. The minimum Gasteiger partial charge on any atom is -0.354 e. The molecule has 0 radical (unpaired) electrons. The van der Waals surface area contributed by atoms with Crippen molar-refractivity contribution < 1.29 is 9.59 Å². The number of pyridine rings is 1. The van der Waals surface area contributed by atoms with Crippen LogP contribution in [0.2, 0.25) is 5.02 Å². The lowest BCUT2D eigenvalue weighted by Gasteiger charge is -2.48. The van der Waals surface area contributed by atoms with Gasteiger partial charge in [0.25, 0.3) is 5.91 Å². The normalized spacial score (nSPS) is 21.3. The van der Waals surface area contributed by atoms with E-state index in [0.717, 1.165) is 5.56 Å². The van der Waals surface area contributed by atoms with E-state index in [1.165, 1.54) is 6.20 Å². The van der Waals surface area contributed by atoms with Crippen LogP contribution in [-0.2, 0) is 16.1 Å². The van der Waals surface area contributed by atoms with Crippen molar-refractivity contribution in [1.82, 2.24) is 14.8 Å². The number of benzene rings is 1. The number of amides is 2. The predicted octanol–water partition coefficient (Wildman–Crippen LogP) is 2.83. The van der Waals surface area contributed by atoms with Gasteiger partial charge in [0.15, 0.2) is 0 Å². The molecular formula is C23H24ClN5O2. The summed E-state index contributed by atoms with van der Waals surface area (Å²) in [6.07, 6.45) is 2.05. The number of aromatic nitrogens is 1. The Labute approximate surface area is 186 Å². The summed E-state index contributed by atoms with van der Waals surface area (Å²) in [5.41, 5.74) is 0.462. The Kier molecular flexibility index (Phi) is 5.59. The number of carbonyl (C=O) groups is 2. The van der Waals surface area contributed by atoms with Crippen LogP contribution in [0.3, 0.4) is 0 Å². The number of anilines is 1. The highest BCUT2D eigenvalue weighted by molar-refractivity contribution is 6.30. The first-order valence-corrected chi connectivity index (χ1v) is 10.7. The topological polar surface area (TPSA) is 80.5 Å². The lowest BCUT2D eigenvalue weighted by atomic mass is 9.89. The maximum Gasteiger partial charge on any atom is 0.251 e. The molecule has 1 atom stereocenters. The number of rotatable bonds is 4. The van der Waals surface area contributed by atoms with Gasteiger partial charge in [-0.2, -0.15) is 5.26 Å². The number of carbonyl (C=O) groups excluding carboxylic acids is 2. The zero-order valence-corrected chi connectivity index (χ0v) is 18.3. The molecule has 3 heterocycles. The van der Waals surface area contributed by atoms with Crippen LogP contribution in [0, 0.1) is 11.3 Å². The molecule has 31 heavy (non-hydrogen) atoms. The molecule has 1 aromatic heterocycles. The summed E-state index contributed by atoms with van der Waals surface area (Å²) in [7, 11) is 0. The third-order valence-corrected chi connectivity index (χ3v) is 6.36. The van der Waals surface area contributed by atoms with E-state index in [1.54, 1.807) is 34.1 Å². The van der Waals surface area contributed by atoms with E-state index in [2.05, 4.69) is 11.1 Å². The van der Waals surface area contributed by atoms with Crippen molar-refractivity contribution in [3.05, 3.63) is 58.7 Å². The quantitative estimate of drug-likeness (QED) is 0.734. The van der Waals surface area contributed by atoms with Crippen LogP contribution < -0.4 is 4.90 Å². The molecule has 2 aliphatic rings. The highest BCUT2D eigenvalue weighted by Crippen LogP contribution is 2.37. The number of nitriles is 1. The highest BCUT2D eigenvalue weighted by atomic mass is 35.5. The first-order chi connectivity index (χ1) is 14.8. The van der Waals surface area contributed by atoms with E-state index in [0.29, 0.717) is 42.5 Å². The average Bonchev–Trinajstić information content (AvgIpc) is 3.21. The molecule has 2 fully saturated rings. The van der Waals surface area contributed by atoms with Gasteiger partial charge < -0.3 is 14.7 Å². The number of hydrogen-bond donors (Lipinski definition) is 0. The maximum atomic E-state index is 13.7. The van der Waals surface area contributed by atoms with E-state index in [4.69, 9.17) is 16.9 Å². The van der Waals surface area contributed by atoms with Crippen molar-refractivity contribution in [2.45, 2.75) is 38.4 Å². The molecule has 160 valence electrons. The van der Waals surface area contributed by atoms with Gasteiger partial charge in [-0.1, -0.05) is 23.7 Å². The number of piperazine rings is 1. The van der Waals surface area contributed by atoms with Crippen LogP contribution in [0.4, 0.5) is 5.82 Å². The van der Waals surface area contributed by atoms with E-state index in [1.807, 2.05) is 30.9 Å². The second-order valence-electron chi connectivity index (χ2n) is 8.35. The molecule has 2 aromatic rings. The molecule has 0 bridgehead atoms. The highest BCUT2D eigenvalue weighted by Gasteiger charge is 2.56. The Bertz CT molecular complexity index is 1030. The maximum absolute atomic E-state index is 13.7. The molecule has 7 nitrogen and oxygen atoms in total. The van der Waals surface area contributed by atoms with Gasteiger partial charge in [-0.05, 0) is 50.1 Å². The van der Waals surface area contributed by atoms with Crippen molar-refractivity contribution in [2.75, 3.05) is 24.5 Å².